The Balaban J connectivity index is 1.80. The number of nitrogens with one attached hydrogen (secondary N) is 2. The van der Waals surface area contributed by atoms with Gasteiger partial charge < -0.3 is 14.7 Å². The number of sulfonamides is 1. The van der Waals surface area contributed by atoms with Crippen LogP contribution in [0.1, 0.15) is 20.3 Å². The molecule has 0 amide bonds. The lowest BCUT2D eigenvalue weighted by Crippen LogP contribution is -2.58. The SMILES string of the molecule is COCCCN1C(C)CN(S(=O)(=O)c2ccc3[nH]c(=O)[nH]c3c2)CC1C. The smallest absolute Gasteiger partial charge is 0.323 e. The van der Waals surface area contributed by atoms with E-state index in [1.165, 1.54) is 6.07 Å². The third-order valence-corrected chi connectivity index (χ3v) is 6.79. The fraction of sp³-hybridized carbons (Fsp3) is 0.588. The van der Waals surface area contributed by atoms with Crippen molar-refractivity contribution < 1.29 is 13.2 Å². The van der Waals surface area contributed by atoms with Gasteiger partial charge >= 0.3 is 5.69 Å². The highest BCUT2D eigenvalue weighted by molar-refractivity contribution is 7.89. The summed E-state index contributed by atoms with van der Waals surface area (Å²) in [5.74, 6) is 0. The van der Waals surface area contributed by atoms with E-state index < -0.39 is 10.0 Å². The number of piperazine rings is 1. The lowest BCUT2D eigenvalue weighted by molar-refractivity contribution is 0.0666. The molecule has 0 aliphatic carbocycles. The molecular weight excluding hydrogens is 356 g/mol. The number of hydrogen-bond acceptors (Lipinski definition) is 5. The van der Waals surface area contributed by atoms with Gasteiger partial charge in [-0.05, 0) is 38.5 Å². The molecule has 0 radical (unpaired) electrons. The standard InChI is InChI=1S/C17H26N4O4S/c1-12-10-20(11-13(2)21(12)7-4-8-25-3)26(23,24)14-5-6-15-16(9-14)19-17(22)18-15/h5-6,9,12-13H,4,7-8,10-11H2,1-3H3,(H2,18,19,22). The van der Waals surface area contributed by atoms with E-state index in [0.29, 0.717) is 30.7 Å². The highest BCUT2D eigenvalue weighted by atomic mass is 32.2. The van der Waals surface area contributed by atoms with Gasteiger partial charge in [0, 0.05) is 45.4 Å². The molecule has 3 rings (SSSR count). The van der Waals surface area contributed by atoms with Gasteiger partial charge in [-0.1, -0.05) is 0 Å². The first-order chi connectivity index (χ1) is 12.3. The molecule has 9 heteroatoms. The average Bonchev–Trinajstić information content (AvgIpc) is 2.96. The quantitative estimate of drug-likeness (QED) is 0.726. The van der Waals surface area contributed by atoms with Gasteiger partial charge in [0.05, 0.1) is 15.9 Å². The number of imidazole rings is 1. The van der Waals surface area contributed by atoms with Crippen LogP contribution in [0.4, 0.5) is 0 Å². The lowest BCUT2D eigenvalue weighted by Gasteiger charge is -2.43. The first-order valence-corrected chi connectivity index (χ1v) is 10.2. The second-order valence-corrected chi connectivity index (χ2v) is 8.83. The first-order valence-electron chi connectivity index (χ1n) is 8.80. The van der Waals surface area contributed by atoms with Crippen molar-refractivity contribution in [2.24, 2.45) is 0 Å². The van der Waals surface area contributed by atoms with E-state index in [0.717, 1.165) is 13.0 Å². The van der Waals surface area contributed by atoms with Crippen molar-refractivity contribution in [3.8, 4) is 0 Å². The van der Waals surface area contributed by atoms with Crippen LogP contribution in [0.15, 0.2) is 27.9 Å². The molecule has 2 atom stereocenters. The predicted molar refractivity (Wildman–Crippen MR) is 99.8 cm³/mol. The number of ether oxygens (including phenoxy) is 1. The Hall–Kier alpha value is -1.68. The van der Waals surface area contributed by atoms with Crippen molar-refractivity contribution in [3.05, 3.63) is 28.7 Å². The molecule has 0 spiro atoms. The Morgan fingerprint density at radius 3 is 2.46 bits per heavy atom. The van der Waals surface area contributed by atoms with Crippen LogP contribution in [-0.4, -0.2) is 73.0 Å². The topological polar surface area (TPSA) is 98.5 Å². The van der Waals surface area contributed by atoms with Crippen LogP contribution in [0.25, 0.3) is 11.0 Å². The Kier molecular flexibility index (Phi) is 5.52. The Morgan fingerprint density at radius 2 is 1.81 bits per heavy atom. The fourth-order valence-electron chi connectivity index (χ4n) is 3.66. The van der Waals surface area contributed by atoms with E-state index in [2.05, 4.69) is 28.7 Å². The van der Waals surface area contributed by atoms with Crippen LogP contribution in [0, 0.1) is 0 Å². The number of aromatic amines is 2. The molecule has 0 bridgehead atoms. The van der Waals surface area contributed by atoms with Crippen LogP contribution >= 0.6 is 0 Å². The number of benzene rings is 1. The number of nitrogens with zero attached hydrogens (tertiary/aromatic N) is 2. The number of aromatic nitrogens is 2. The van der Waals surface area contributed by atoms with Crippen LogP contribution < -0.4 is 5.69 Å². The second-order valence-electron chi connectivity index (χ2n) is 6.89. The van der Waals surface area contributed by atoms with E-state index in [4.69, 9.17) is 4.74 Å². The van der Waals surface area contributed by atoms with Gasteiger partial charge in [-0.15, -0.1) is 0 Å². The number of H-pyrrole nitrogens is 2. The summed E-state index contributed by atoms with van der Waals surface area (Å²) < 4.78 is 32.8. The molecule has 26 heavy (non-hydrogen) atoms. The monoisotopic (exact) mass is 382 g/mol. The number of methoxy groups -OCH3 is 1. The summed E-state index contributed by atoms with van der Waals surface area (Å²) in [6.07, 6.45) is 0.926. The Labute approximate surface area is 153 Å². The van der Waals surface area contributed by atoms with Crippen molar-refractivity contribution in [1.82, 2.24) is 19.2 Å². The maximum absolute atomic E-state index is 13.1. The van der Waals surface area contributed by atoms with E-state index >= 15 is 0 Å². The van der Waals surface area contributed by atoms with Gasteiger partial charge in [0.2, 0.25) is 10.0 Å². The number of fused-ring (bicyclic) bond motifs is 1. The fourth-order valence-corrected chi connectivity index (χ4v) is 5.29. The van der Waals surface area contributed by atoms with Gasteiger partial charge in [0.15, 0.2) is 0 Å². The van der Waals surface area contributed by atoms with E-state index in [1.54, 1.807) is 23.5 Å². The average molecular weight is 382 g/mol. The summed E-state index contributed by atoms with van der Waals surface area (Å²) in [5.41, 5.74) is 0.746. The maximum atomic E-state index is 13.1. The van der Waals surface area contributed by atoms with Crippen molar-refractivity contribution >= 4 is 21.1 Å². The molecule has 2 N–H and O–H groups in total. The summed E-state index contributed by atoms with van der Waals surface area (Å²) in [6.45, 7) is 6.59. The van der Waals surface area contributed by atoms with Gasteiger partial charge in [-0.3, -0.25) is 4.90 Å². The minimum Gasteiger partial charge on any atom is -0.385 e. The zero-order valence-corrected chi connectivity index (χ0v) is 16.2. The van der Waals surface area contributed by atoms with Crippen LogP contribution in [-0.2, 0) is 14.8 Å². The largest absolute Gasteiger partial charge is 0.385 e. The lowest BCUT2D eigenvalue weighted by atomic mass is 10.1. The van der Waals surface area contributed by atoms with E-state index in [1.807, 2.05) is 0 Å². The molecule has 0 saturated carbocycles. The highest BCUT2D eigenvalue weighted by Gasteiger charge is 2.35. The third kappa shape index (κ3) is 3.71. The second kappa shape index (κ2) is 7.51. The van der Waals surface area contributed by atoms with Crippen molar-refractivity contribution in [3.63, 3.8) is 0 Å². The van der Waals surface area contributed by atoms with Crippen molar-refractivity contribution in [1.29, 1.82) is 0 Å². The molecule has 8 nitrogen and oxygen atoms in total. The molecule has 1 aliphatic heterocycles. The van der Waals surface area contributed by atoms with Crippen molar-refractivity contribution in [2.75, 3.05) is 33.4 Å². The predicted octanol–water partition coefficient (Wildman–Crippen LogP) is 0.976. The minimum absolute atomic E-state index is 0.126. The van der Waals surface area contributed by atoms with E-state index in [-0.39, 0.29) is 22.7 Å². The van der Waals surface area contributed by atoms with Gasteiger partial charge in [0.25, 0.3) is 0 Å². The zero-order chi connectivity index (χ0) is 18.9. The Bertz CT molecular complexity index is 908. The van der Waals surface area contributed by atoms with Crippen LogP contribution in [0.3, 0.4) is 0 Å². The maximum Gasteiger partial charge on any atom is 0.323 e. The normalized spacial score (nSPS) is 22.9. The highest BCUT2D eigenvalue weighted by Crippen LogP contribution is 2.24. The molecule has 144 valence electrons. The van der Waals surface area contributed by atoms with E-state index in [9.17, 15) is 13.2 Å². The van der Waals surface area contributed by atoms with Gasteiger partial charge in [-0.25, -0.2) is 13.2 Å². The summed E-state index contributed by atoms with van der Waals surface area (Å²) in [7, 11) is -1.93. The summed E-state index contributed by atoms with van der Waals surface area (Å²) in [6, 6.07) is 4.93. The van der Waals surface area contributed by atoms with Crippen molar-refractivity contribution in [2.45, 2.75) is 37.2 Å². The first kappa shape index (κ1) is 19.1. The molecule has 1 saturated heterocycles. The summed E-state index contributed by atoms with van der Waals surface area (Å²) in [4.78, 5) is 19.2. The van der Waals surface area contributed by atoms with Crippen LogP contribution in [0.2, 0.25) is 0 Å². The molecule has 2 aromatic rings. The number of hydrogen-bond donors (Lipinski definition) is 2. The van der Waals surface area contributed by atoms with Gasteiger partial charge in [-0.2, -0.15) is 4.31 Å². The summed E-state index contributed by atoms with van der Waals surface area (Å²) in [5, 5.41) is 0. The van der Waals surface area contributed by atoms with Crippen LogP contribution in [0.5, 0.6) is 0 Å². The molecule has 1 aliphatic rings. The molecule has 1 aromatic carbocycles. The molecule has 1 fully saturated rings. The summed E-state index contributed by atoms with van der Waals surface area (Å²) >= 11 is 0. The zero-order valence-electron chi connectivity index (χ0n) is 15.4. The molecule has 2 unspecified atom stereocenters. The molecule has 1 aromatic heterocycles. The third-order valence-electron chi connectivity index (χ3n) is 4.96. The minimum atomic E-state index is -3.61. The Morgan fingerprint density at radius 1 is 1.15 bits per heavy atom. The molecular formula is C17H26N4O4S. The molecule has 2 heterocycles. The van der Waals surface area contributed by atoms with Gasteiger partial charge in [0.1, 0.15) is 0 Å². The number of rotatable bonds is 6.